The predicted molar refractivity (Wildman–Crippen MR) is 88.6 cm³/mol. The van der Waals surface area contributed by atoms with Crippen LogP contribution in [0.1, 0.15) is 26.7 Å². The summed E-state index contributed by atoms with van der Waals surface area (Å²) >= 11 is 0. The Morgan fingerprint density at radius 3 is 2.03 bits per heavy atom. The summed E-state index contributed by atoms with van der Waals surface area (Å²) in [5.41, 5.74) is -0.469. The van der Waals surface area contributed by atoms with Gasteiger partial charge in [0, 0.05) is 19.1 Å². The Bertz CT molecular complexity index is 811. The zero-order valence-electron chi connectivity index (χ0n) is 15.7. The van der Waals surface area contributed by atoms with E-state index in [1.54, 1.807) is 4.90 Å². The van der Waals surface area contributed by atoms with Crippen LogP contribution in [0.2, 0.25) is 0 Å². The van der Waals surface area contributed by atoms with Crippen molar-refractivity contribution in [2.24, 2.45) is 0 Å². The molecule has 3 rings (SSSR count). The molecule has 0 bridgehead atoms. The number of benzene rings is 1. The number of hydrogen-bond donors (Lipinski definition) is 0. The predicted octanol–water partition coefficient (Wildman–Crippen LogP) is 2.98. The van der Waals surface area contributed by atoms with Gasteiger partial charge in [-0.15, -0.1) is 0 Å². The van der Waals surface area contributed by atoms with Gasteiger partial charge in [0.25, 0.3) is 5.91 Å². The molecule has 2 aliphatic rings. The van der Waals surface area contributed by atoms with Gasteiger partial charge in [-0.05, 0) is 26.7 Å². The van der Waals surface area contributed by atoms with Gasteiger partial charge in [0.15, 0.2) is 12.4 Å². The monoisotopic (exact) mass is 422 g/mol. The molecule has 11 heteroatoms. The van der Waals surface area contributed by atoms with Gasteiger partial charge >= 0.3 is 6.09 Å². The Labute approximate surface area is 163 Å². The van der Waals surface area contributed by atoms with E-state index in [1.165, 1.54) is 4.90 Å². The standard InChI is InChI=1S/C18H19F5N2O4/c1-18(2)8-29-17(27)25(18)9-3-5-24(6-4-9)10(26)7-28-16-14(22)12(20)11(19)13(21)15(16)23/h9H,3-8H2,1-2H3. The second-order valence-corrected chi connectivity index (χ2v) is 7.54. The lowest BCUT2D eigenvalue weighted by molar-refractivity contribution is -0.135. The number of ether oxygens (including phenoxy) is 2. The molecule has 0 saturated carbocycles. The molecule has 0 radical (unpaired) electrons. The molecule has 1 aromatic rings. The molecule has 2 saturated heterocycles. The quantitative estimate of drug-likeness (QED) is 0.425. The Balaban J connectivity index is 1.60. The third kappa shape index (κ3) is 3.82. The number of carbonyl (C=O) groups is 2. The van der Waals surface area contributed by atoms with Crippen LogP contribution in [0.5, 0.6) is 5.75 Å². The van der Waals surface area contributed by atoms with E-state index in [9.17, 15) is 31.5 Å². The van der Waals surface area contributed by atoms with E-state index in [-0.39, 0.29) is 25.7 Å². The van der Waals surface area contributed by atoms with Gasteiger partial charge in [0.1, 0.15) is 6.61 Å². The van der Waals surface area contributed by atoms with Crippen molar-refractivity contribution in [1.82, 2.24) is 9.80 Å². The fourth-order valence-electron chi connectivity index (χ4n) is 3.58. The van der Waals surface area contributed by atoms with E-state index in [0.29, 0.717) is 12.8 Å². The normalized spacial score (nSPS) is 19.5. The summed E-state index contributed by atoms with van der Waals surface area (Å²) in [6.07, 6.45) is 0.481. The van der Waals surface area contributed by atoms with Gasteiger partial charge in [-0.25, -0.2) is 18.0 Å². The Kier molecular flexibility index (Phi) is 5.59. The minimum Gasteiger partial charge on any atom is -0.477 e. The number of amides is 2. The smallest absolute Gasteiger partial charge is 0.410 e. The van der Waals surface area contributed by atoms with Crippen molar-refractivity contribution in [2.45, 2.75) is 38.3 Å². The van der Waals surface area contributed by atoms with Crippen LogP contribution in [0.25, 0.3) is 0 Å². The second kappa shape index (κ2) is 7.68. The number of cyclic esters (lactones) is 1. The molecule has 29 heavy (non-hydrogen) atoms. The summed E-state index contributed by atoms with van der Waals surface area (Å²) in [6, 6.07) is -0.139. The lowest BCUT2D eigenvalue weighted by Gasteiger charge is -2.40. The van der Waals surface area contributed by atoms with Gasteiger partial charge in [-0.2, -0.15) is 8.78 Å². The van der Waals surface area contributed by atoms with Gasteiger partial charge in [0.05, 0.1) is 5.54 Å². The van der Waals surface area contributed by atoms with E-state index in [0.717, 1.165) is 0 Å². The Hall–Kier alpha value is -2.59. The third-order valence-corrected chi connectivity index (χ3v) is 5.09. The number of piperidine rings is 1. The highest BCUT2D eigenvalue weighted by Crippen LogP contribution is 2.31. The van der Waals surface area contributed by atoms with Crippen molar-refractivity contribution in [1.29, 1.82) is 0 Å². The van der Waals surface area contributed by atoms with Crippen LogP contribution in [-0.2, 0) is 9.53 Å². The van der Waals surface area contributed by atoms with Crippen LogP contribution < -0.4 is 4.74 Å². The first-order chi connectivity index (χ1) is 13.5. The molecule has 2 heterocycles. The maximum Gasteiger partial charge on any atom is 0.410 e. The molecule has 6 nitrogen and oxygen atoms in total. The summed E-state index contributed by atoms with van der Waals surface area (Å²) in [7, 11) is 0. The van der Waals surface area contributed by atoms with E-state index >= 15 is 0 Å². The summed E-state index contributed by atoms with van der Waals surface area (Å²) in [5, 5.41) is 0. The molecular formula is C18H19F5N2O4. The highest BCUT2D eigenvalue weighted by atomic mass is 19.2. The first kappa shape index (κ1) is 21.1. The first-order valence-electron chi connectivity index (χ1n) is 8.92. The summed E-state index contributed by atoms with van der Waals surface area (Å²) in [5.74, 6) is -13.0. The van der Waals surface area contributed by atoms with Crippen molar-refractivity contribution in [2.75, 3.05) is 26.3 Å². The number of nitrogens with zero attached hydrogens (tertiary/aromatic N) is 2. The number of likely N-dealkylation sites (tertiary alicyclic amines) is 1. The van der Waals surface area contributed by atoms with E-state index in [1.807, 2.05) is 13.8 Å². The molecule has 2 amide bonds. The lowest BCUT2D eigenvalue weighted by Crippen LogP contribution is -2.53. The summed E-state index contributed by atoms with van der Waals surface area (Å²) < 4.78 is 76.3. The zero-order chi connectivity index (χ0) is 21.5. The van der Waals surface area contributed by atoms with Crippen LogP contribution in [0.4, 0.5) is 26.7 Å². The fourth-order valence-corrected chi connectivity index (χ4v) is 3.58. The van der Waals surface area contributed by atoms with Crippen LogP contribution >= 0.6 is 0 Å². The molecule has 2 fully saturated rings. The fraction of sp³-hybridized carbons (Fsp3) is 0.556. The van der Waals surface area contributed by atoms with Crippen molar-refractivity contribution >= 4 is 12.0 Å². The van der Waals surface area contributed by atoms with Crippen molar-refractivity contribution in [3.8, 4) is 5.75 Å². The zero-order valence-corrected chi connectivity index (χ0v) is 15.7. The van der Waals surface area contributed by atoms with E-state index < -0.39 is 59.0 Å². The molecule has 2 aliphatic heterocycles. The summed E-state index contributed by atoms with van der Waals surface area (Å²) in [6.45, 7) is 3.59. The number of rotatable bonds is 4. The van der Waals surface area contributed by atoms with Gasteiger partial charge < -0.3 is 14.4 Å². The van der Waals surface area contributed by atoms with Gasteiger partial charge in [-0.1, -0.05) is 0 Å². The summed E-state index contributed by atoms with van der Waals surface area (Å²) in [4.78, 5) is 27.2. The van der Waals surface area contributed by atoms with Crippen molar-refractivity contribution in [3.05, 3.63) is 29.1 Å². The molecule has 0 N–H and O–H groups in total. The maximum absolute atomic E-state index is 13.6. The molecule has 0 unspecified atom stereocenters. The van der Waals surface area contributed by atoms with Gasteiger partial charge in [-0.3, -0.25) is 9.69 Å². The molecule has 0 aromatic heterocycles. The van der Waals surface area contributed by atoms with Crippen molar-refractivity contribution in [3.63, 3.8) is 0 Å². The number of carbonyl (C=O) groups excluding carboxylic acids is 2. The molecule has 0 atom stereocenters. The first-order valence-corrected chi connectivity index (χ1v) is 8.92. The third-order valence-electron chi connectivity index (χ3n) is 5.09. The highest BCUT2D eigenvalue weighted by molar-refractivity contribution is 5.78. The minimum atomic E-state index is -2.30. The molecule has 0 spiro atoms. The van der Waals surface area contributed by atoms with Crippen LogP contribution in [0.15, 0.2) is 0 Å². The minimum absolute atomic E-state index is 0.139. The van der Waals surface area contributed by atoms with Gasteiger partial charge in [0.2, 0.25) is 29.1 Å². The van der Waals surface area contributed by atoms with Crippen LogP contribution in [-0.4, -0.2) is 59.7 Å². The lowest BCUT2D eigenvalue weighted by atomic mass is 9.97. The Morgan fingerprint density at radius 2 is 1.55 bits per heavy atom. The average Bonchev–Trinajstić information content (AvgIpc) is 2.97. The largest absolute Gasteiger partial charge is 0.477 e. The number of halogens is 5. The Morgan fingerprint density at radius 1 is 1.03 bits per heavy atom. The van der Waals surface area contributed by atoms with Crippen LogP contribution in [0.3, 0.4) is 0 Å². The van der Waals surface area contributed by atoms with Crippen LogP contribution in [0, 0.1) is 29.1 Å². The molecule has 160 valence electrons. The SMILES string of the molecule is CC1(C)COC(=O)N1C1CCN(C(=O)COc2c(F)c(F)c(F)c(F)c2F)CC1. The topological polar surface area (TPSA) is 59.1 Å². The maximum atomic E-state index is 13.6. The number of hydrogen-bond acceptors (Lipinski definition) is 4. The highest BCUT2D eigenvalue weighted by Gasteiger charge is 2.45. The average molecular weight is 422 g/mol. The van der Waals surface area contributed by atoms with E-state index in [2.05, 4.69) is 4.74 Å². The molecule has 1 aromatic carbocycles. The van der Waals surface area contributed by atoms with E-state index in [4.69, 9.17) is 4.74 Å². The molecule has 0 aliphatic carbocycles. The second-order valence-electron chi connectivity index (χ2n) is 7.54. The molecular weight excluding hydrogens is 403 g/mol. The van der Waals surface area contributed by atoms with Crippen molar-refractivity contribution < 1.29 is 41.0 Å².